The number of anilines is 1. The van der Waals surface area contributed by atoms with Crippen LogP contribution in [0.25, 0.3) is 0 Å². The van der Waals surface area contributed by atoms with Gasteiger partial charge in [-0.05, 0) is 23.8 Å². The van der Waals surface area contributed by atoms with E-state index in [0.29, 0.717) is 16.8 Å². The van der Waals surface area contributed by atoms with Crippen LogP contribution >= 0.6 is 23.2 Å². The molecule has 5 nitrogen and oxygen atoms in total. The van der Waals surface area contributed by atoms with Gasteiger partial charge in [-0.25, -0.2) is 4.98 Å². The zero-order valence-corrected chi connectivity index (χ0v) is 14.6. The molecule has 0 radical (unpaired) electrons. The number of ether oxygens (including phenoxy) is 2. The molecule has 2 aliphatic rings. The van der Waals surface area contributed by atoms with Gasteiger partial charge < -0.3 is 14.4 Å². The summed E-state index contributed by atoms with van der Waals surface area (Å²) in [5, 5.41) is 1.16. The van der Waals surface area contributed by atoms with Crippen LogP contribution in [0.4, 0.5) is 5.82 Å². The smallest absolute Gasteiger partial charge is 0.231 e. The summed E-state index contributed by atoms with van der Waals surface area (Å²) in [6, 6.07) is 7.87. The molecule has 126 valence electrons. The molecule has 1 saturated heterocycles. The summed E-state index contributed by atoms with van der Waals surface area (Å²) in [5.74, 6) is 2.47. The van der Waals surface area contributed by atoms with Gasteiger partial charge in [0.2, 0.25) is 6.79 Å². The highest BCUT2D eigenvalue weighted by Gasteiger charge is 2.21. The second kappa shape index (κ2) is 6.67. The van der Waals surface area contributed by atoms with E-state index in [9.17, 15) is 0 Å². The van der Waals surface area contributed by atoms with E-state index in [2.05, 4.69) is 26.9 Å². The number of fused-ring (bicyclic) bond motifs is 1. The van der Waals surface area contributed by atoms with E-state index in [-0.39, 0.29) is 0 Å². The molecule has 7 heteroatoms. The number of pyridine rings is 1. The van der Waals surface area contributed by atoms with Crippen molar-refractivity contribution in [3.63, 3.8) is 0 Å². The van der Waals surface area contributed by atoms with Crippen LogP contribution in [0.5, 0.6) is 11.5 Å². The molecule has 0 bridgehead atoms. The Kier molecular flexibility index (Phi) is 4.39. The molecule has 0 unspecified atom stereocenters. The number of hydrogen-bond acceptors (Lipinski definition) is 5. The third-order valence-electron chi connectivity index (χ3n) is 4.30. The minimum absolute atomic E-state index is 0.312. The van der Waals surface area contributed by atoms with Crippen molar-refractivity contribution in [2.24, 2.45) is 0 Å². The van der Waals surface area contributed by atoms with Crippen molar-refractivity contribution in [1.29, 1.82) is 0 Å². The topological polar surface area (TPSA) is 37.8 Å². The number of hydrogen-bond donors (Lipinski definition) is 0. The number of piperazine rings is 1. The zero-order chi connectivity index (χ0) is 16.5. The minimum Gasteiger partial charge on any atom is -0.454 e. The first-order chi connectivity index (χ1) is 11.7. The lowest BCUT2D eigenvalue weighted by atomic mass is 10.1. The van der Waals surface area contributed by atoms with E-state index in [4.69, 9.17) is 32.7 Å². The first-order valence-corrected chi connectivity index (χ1v) is 8.61. The largest absolute Gasteiger partial charge is 0.454 e. The highest BCUT2D eigenvalue weighted by molar-refractivity contribution is 6.36. The summed E-state index contributed by atoms with van der Waals surface area (Å²) in [6.45, 7) is 4.89. The molecule has 4 rings (SSSR count). The average Bonchev–Trinajstić information content (AvgIpc) is 3.04. The Labute approximate surface area is 150 Å². The fourth-order valence-electron chi connectivity index (χ4n) is 3.06. The van der Waals surface area contributed by atoms with Gasteiger partial charge in [0, 0.05) is 38.9 Å². The van der Waals surface area contributed by atoms with Crippen LogP contribution in [0.3, 0.4) is 0 Å². The lowest BCUT2D eigenvalue weighted by molar-refractivity contribution is 0.174. The quantitative estimate of drug-likeness (QED) is 0.832. The van der Waals surface area contributed by atoms with Gasteiger partial charge >= 0.3 is 0 Å². The van der Waals surface area contributed by atoms with Gasteiger partial charge in [-0.2, -0.15) is 0 Å². The maximum atomic E-state index is 6.26. The van der Waals surface area contributed by atoms with Gasteiger partial charge in [0.15, 0.2) is 11.5 Å². The number of aromatic nitrogens is 1. The molecule has 0 spiro atoms. The molecule has 2 aliphatic heterocycles. The van der Waals surface area contributed by atoms with Crippen LogP contribution < -0.4 is 14.4 Å². The second-order valence-electron chi connectivity index (χ2n) is 5.91. The van der Waals surface area contributed by atoms with Crippen molar-refractivity contribution in [3.8, 4) is 11.5 Å². The zero-order valence-electron chi connectivity index (χ0n) is 13.0. The number of benzene rings is 1. The number of nitrogens with zero attached hydrogens (tertiary/aromatic N) is 3. The average molecular weight is 366 g/mol. The minimum atomic E-state index is 0.312. The first-order valence-electron chi connectivity index (χ1n) is 7.86. The van der Waals surface area contributed by atoms with Gasteiger partial charge in [0.05, 0.1) is 10.0 Å². The molecule has 0 saturated carbocycles. The molecule has 1 aromatic heterocycles. The molecule has 3 heterocycles. The van der Waals surface area contributed by atoms with Gasteiger partial charge in [-0.3, -0.25) is 4.90 Å². The number of rotatable bonds is 3. The van der Waals surface area contributed by atoms with Crippen molar-refractivity contribution in [3.05, 3.63) is 46.1 Å². The summed E-state index contributed by atoms with van der Waals surface area (Å²) in [4.78, 5) is 8.98. The van der Waals surface area contributed by atoms with Crippen LogP contribution in [0.2, 0.25) is 10.0 Å². The Balaban J connectivity index is 1.37. The summed E-state index contributed by atoms with van der Waals surface area (Å²) in [6.07, 6.45) is 1.64. The van der Waals surface area contributed by atoms with E-state index in [1.54, 1.807) is 12.3 Å². The van der Waals surface area contributed by atoms with Gasteiger partial charge in [-0.15, -0.1) is 0 Å². The normalized spacial score (nSPS) is 17.3. The van der Waals surface area contributed by atoms with Gasteiger partial charge in [0.25, 0.3) is 0 Å². The molecule has 0 atom stereocenters. The standard InChI is InChI=1S/C17H17Cl2N3O2/c18-13-8-14(19)17(20-9-13)22-5-3-21(4-6-22)10-12-1-2-15-16(7-12)24-11-23-15/h1-2,7-9H,3-6,10-11H2. The second-order valence-corrected chi connectivity index (χ2v) is 6.75. The van der Waals surface area contributed by atoms with Crippen molar-refractivity contribution in [1.82, 2.24) is 9.88 Å². The highest BCUT2D eigenvalue weighted by Crippen LogP contribution is 2.33. The van der Waals surface area contributed by atoms with E-state index < -0.39 is 0 Å². The van der Waals surface area contributed by atoms with Crippen molar-refractivity contribution in [2.75, 3.05) is 37.9 Å². The lowest BCUT2D eigenvalue weighted by Gasteiger charge is -2.35. The Hall–Kier alpha value is -1.69. The van der Waals surface area contributed by atoms with Crippen LogP contribution in [0, 0.1) is 0 Å². The van der Waals surface area contributed by atoms with Crippen molar-refractivity contribution in [2.45, 2.75) is 6.54 Å². The molecule has 24 heavy (non-hydrogen) atoms. The van der Waals surface area contributed by atoms with Crippen LogP contribution in [0.15, 0.2) is 30.5 Å². The van der Waals surface area contributed by atoms with Crippen molar-refractivity contribution < 1.29 is 9.47 Å². The van der Waals surface area contributed by atoms with E-state index in [1.807, 2.05) is 6.07 Å². The molecule has 0 amide bonds. The molecule has 0 aliphatic carbocycles. The van der Waals surface area contributed by atoms with Crippen LogP contribution in [-0.4, -0.2) is 42.9 Å². The maximum Gasteiger partial charge on any atom is 0.231 e. The van der Waals surface area contributed by atoms with Gasteiger partial charge in [0.1, 0.15) is 5.82 Å². The Morgan fingerprint density at radius 2 is 1.79 bits per heavy atom. The highest BCUT2D eigenvalue weighted by atomic mass is 35.5. The number of halogens is 2. The van der Waals surface area contributed by atoms with E-state index in [0.717, 1.165) is 50.0 Å². The third kappa shape index (κ3) is 3.24. The predicted molar refractivity (Wildman–Crippen MR) is 94.3 cm³/mol. The van der Waals surface area contributed by atoms with Crippen molar-refractivity contribution >= 4 is 29.0 Å². The Morgan fingerprint density at radius 3 is 2.58 bits per heavy atom. The monoisotopic (exact) mass is 365 g/mol. The third-order valence-corrected chi connectivity index (χ3v) is 4.79. The maximum absolute atomic E-state index is 6.26. The molecule has 1 aromatic carbocycles. The van der Waals surface area contributed by atoms with Crippen LogP contribution in [0.1, 0.15) is 5.56 Å². The first kappa shape index (κ1) is 15.8. The molecule has 0 N–H and O–H groups in total. The van der Waals surface area contributed by atoms with E-state index in [1.165, 1.54) is 5.56 Å². The SMILES string of the molecule is Clc1cnc(N2CCN(Cc3ccc4c(c3)OCO4)CC2)c(Cl)c1. The Bertz CT molecular complexity index is 749. The predicted octanol–water partition coefficient (Wildman–Crippen LogP) is 3.44. The summed E-state index contributed by atoms with van der Waals surface area (Å²) < 4.78 is 10.8. The summed E-state index contributed by atoms with van der Waals surface area (Å²) in [7, 11) is 0. The molecule has 1 fully saturated rings. The molecule has 2 aromatic rings. The molecular formula is C17H17Cl2N3O2. The van der Waals surface area contributed by atoms with E-state index >= 15 is 0 Å². The van der Waals surface area contributed by atoms with Crippen LogP contribution in [-0.2, 0) is 6.54 Å². The lowest BCUT2D eigenvalue weighted by Crippen LogP contribution is -2.46. The Morgan fingerprint density at radius 1 is 1.00 bits per heavy atom. The van der Waals surface area contributed by atoms with Gasteiger partial charge in [-0.1, -0.05) is 29.3 Å². The molecular weight excluding hydrogens is 349 g/mol. The fourth-order valence-corrected chi connectivity index (χ4v) is 3.55. The summed E-state index contributed by atoms with van der Waals surface area (Å²) >= 11 is 12.2. The fraction of sp³-hybridized carbons (Fsp3) is 0.353. The summed E-state index contributed by atoms with van der Waals surface area (Å²) in [5.41, 5.74) is 1.23.